The number of fused-ring (bicyclic) bond motifs is 1. The van der Waals surface area contributed by atoms with Crippen LogP contribution >= 0.6 is 0 Å². The predicted molar refractivity (Wildman–Crippen MR) is 179 cm³/mol. The number of amides is 1. The lowest BCUT2D eigenvalue weighted by Crippen LogP contribution is -2.50. The van der Waals surface area contributed by atoms with Crippen LogP contribution in [0.25, 0.3) is 22.3 Å². The van der Waals surface area contributed by atoms with Crippen LogP contribution in [0.1, 0.15) is 63.1 Å². The lowest BCUT2D eigenvalue weighted by molar-refractivity contribution is -0.162. The summed E-state index contributed by atoms with van der Waals surface area (Å²) in [5.74, 6) is -2.63. The minimum atomic E-state index is -4.61. The molecule has 3 atom stereocenters. The average molecular weight is 723 g/mol. The topological polar surface area (TPSA) is 128 Å². The third-order valence-electron chi connectivity index (χ3n) is 8.88. The Morgan fingerprint density at radius 1 is 1.02 bits per heavy atom. The first kappa shape index (κ1) is 37.4. The normalized spacial score (nSPS) is 17.2. The number of aryl methyl sites for hydroxylation is 1. The summed E-state index contributed by atoms with van der Waals surface area (Å²) in [6, 6.07) is 11.9. The van der Waals surface area contributed by atoms with Crippen molar-refractivity contribution in [2.45, 2.75) is 81.5 Å². The molecular weight excluding hydrogens is 683 g/mol. The predicted octanol–water partition coefficient (Wildman–Crippen LogP) is 5.24. The van der Waals surface area contributed by atoms with E-state index in [1.54, 1.807) is 46.0 Å². The molecule has 2 aromatic carbocycles. The van der Waals surface area contributed by atoms with Gasteiger partial charge in [0.15, 0.2) is 5.52 Å². The third-order valence-corrected chi connectivity index (χ3v) is 10.5. The van der Waals surface area contributed by atoms with Crippen LogP contribution in [0, 0.1) is 0 Å². The molecule has 2 unspecified atom stereocenters. The quantitative estimate of drug-likeness (QED) is 0.169. The zero-order valence-electron chi connectivity index (χ0n) is 28.0. The molecular formula is C34H39F5N6O4S. The summed E-state index contributed by atoms with van der Waals surface area (Å²) < 4.78 is 86.2. The van der Waals surface area contributed by atoms with Gasteiger partial charge in [0, 0.05) is 43.5 Å². The van der Waals surface area contributed by atoms with Crippen molar-refractivity contribution in [3.63, 3.8) is 0 Å². The Morgan fingerprint density at radius 2 is 1.64 bits per heavy atom. The molecule has 1 fully saturated rings. The smallest absolute Gasteiger partial charge is 0.396 e. The number of rotatable bonds is 10. The van der Waals surface area contributed by atoms with Crippen LogP contribution in [0.15, 0.2) is 65.7 Å². The summed E-state index contributed by atoms with van der Waals surface area (Å²) in [7, 11) is 1.60. The SMILES string of the molecule is Cn1nc2c(=O)n(CC3(O)CCN(C(=O)CC(c4ccccc4)C(F)(F)F)CC3)cnc2c1-c1ccc([C@H](N[S+]([O-])C(C)(C)C)C(F)F)cc1. The van der Waals surface area contributed by atoms with Gasteiger partial charge in [-0.25, -0.2) is 13.8 Å². The summed E-state index contributed by atoms with van der Waals surface area (Å²) in [5.41, 5.74) is -0.484. The molecule has 5 rings (SSSR count). The molecule has 1 saturated heterocycles. The fraction of sp³-hybridized carbons (Fsp3) is 0.471. The van der Waals surface area contributed by atoms with Gasteiger partial charge in [0.05, 0.1) is 30.1 Å². The first-order valence-electron chi connectivity index (χ1n) is 16.0. The third kappa shape index (κ3) is 8.19. The molecule has 0 spiro atoms. The van der Waals surface area contributed by atoms with Crippen molar-refractivity contribution >= 4 is 28.3 Å². The standard InChI is InChI=1S/C34H39F5N6O4S/c1-32(2,3)50(49)42-26(30(35)36)22-10-12-23(13-11-22)29-27-28(41-43(29)4)31(47)45(20-40-27)19-33(48)14-16-44(17-15-33)25(46)18-24(34(37,38)39)21-8-6-5-7-9-21/h5-13,20,24,26,30,42,48H,14-19H2,1-4H3/t24?,26-,50?/m0/s1. The summed E-state index contributed by atoms with van der Waals surface area (Å²) in [6.07, 6.45) is -6.86. The lowest BCUT2D eigenvalue weighted by atomic mass is 9.90. The van der Waals surface area contributed by atoms with Crippen LogP contribution in [0.2, 0.25) is 0 Å². The monoisotopic (exact) mass is 722 g/mol. The average Bonchev–Trinajstić information content (AvgIpc) is 3.39. The van der Waals surface area contributed by atoms with Gasteiger partial charge in [-0.05, 0) is 44.7 Å². The molecule has 1 aliphatic heterocycles. The second kappa shape index (κ2) is 14.4. The van der Waals surface area contributed by atoms with Crippen molar-refractivity contribution in [3.8, 4) is 11.3 Å². The lowest BCUT2D eigenvalue weighted by Gasteiger charge is -2.39. The number of benzene rings is 2. The first-order valence-corrected chi connectivity index (χ1v) is 17.1. The molecule has 0 bridgehead atoms. The molecule has 3 heterocycles. The van der Waals surface area contributed by atoms with Crippen molar-refractivity contribution in [1.29, 1.82) is 0 Å². The fourth-order valence-corrected chi connectivity index (χ4v) is 6.82. The number of carbonyl (C=O) groups excluding carboxylic acids is 1. The van der Waals surface area contributed by atoms with Gasteiger partial charge in [0.1, 0.15) is 16.3 Å². The van der Waals surface area contributed by atoms with Crippen LogP contribution in [0.3, 0.4) is 0 Å². The minimum Gasteiger partial charge on any atom is -0.598 e. The Hall–Kier alpha value is -3.86. The maximum Gasteiger partial charge on any atom is 0.396 e. The Balaban J connectivity index is 1.29. The van der Waals surface area contributed by atoms with Gasteiger partial charge in [0.2, 0.25) is 5.91 Å². The molecule has 0 radical (unpaired) electrons. The van der Waals surface area contributed by atoms with E-state index in [1.165, 1.54) is 56.9 Å². The van der Waals surface area contributed by atoms with Gasteiger partial charge in [-0.2, -0.15) is 18.3 Å². The van der Waals surface area contributed by atoms with E-state index in [-0.39, 0.29) is 54.6 Å². The van der Waals surface area contributed by atoms with Gasteiger partial charge in [-0.1, -0.05) is 54.6 Å². The molecule has 270 valence electrons. The zero-order chi connectivity index (χ0) is 36.6. The van der Waals surface area contributed by atoms with Crippen molar-refractivity contribution in [2.24, 2.45) is 7.05 Å². The van der Waals surface area contributed by atoms with E-state index in [9.17, 15) is 41.2 Å². The number of halogens is 5. The van der Waals surface area contributed by atoms with E-state index in [1.807, 2.05) is 0 Å². The van der Waals surface area contributed by atoms with E-state index < -0.39 is 64.2 Å². The van der Waals surface area contributed by atoms with E-state index in [0.717, 1.165) is 0 Å². The highest BCUT2D eigenvalue weighted by Gasteiger charge is 2.43. The van der Waals surface area contributed by atoms with Crippen LogP contribution in [-0.4, -0.2) is 75.8 Å². The fourth-order valence-electron chi connectivity index (χ4n) is 6.00. The summed E-state index contributed by atoms with van der Waals surface area (Å²) in [4.78, 5) is 32.2. The number of likely N-dealkylation sites (tertiary alicyclic amines) is 1. The molecule has 2 aromatic heterocycles. The number of alkyl halides is 5. The molecule has 10 nitrogen and oxygen atoms in total. The number of carbonyl (C=O) groups is 1. The highest BCUT2D eigenvalue weighted by molar-refractivity contribution is 7.90. The molecule has 1 aliphatic rings. The van der Waals surface area contributed by atoms with Gasteiger partial charge in [-0.15, -0.1) is 4.72 Å². The molecule has 0 saturated carbocycles. The first-order chi connectivity index (χ1) is 23.4. The van der Waals surface area contributed by atoms with Gasteiger partial charge >= 0.3 is 6.18 Å². The Labute approximate surface area is 288 Å². The van der Waals surface area contributed by atoms with Crippen LogP contribution in [0.5, 0.6) is 0 Å². The minimum absolute atomic E-state index is 0.00175. The molecule has 2 N–H and O–H groups in total. The summed E-state index contributed by atoms with van der Waals surface area (Å²) in [5, 5.41) is 15.7. The van der Waals surface area contributed by atoms with Gasteiger partial charge < -0.3 is 14.6 Å². The summed E-state index contributed by atoms with van der Waals surface area (Å²) >= 11 is -1.74. The van der Waals surface area contributed by atoms with Gasteiger partial charge in [-0.3, -0.25) is 18.8 Å². The number of nitrogens with one attached hydrogen (secondary N) is 1. The Morgan fingerprint density at radius 3 is 2.20 bits per heavy atom. The maximum atomic E-state index is 13.9. The van der Waals surface area contributed by atoms with E-state index in [4.69, 9.17) is 0 Å². The van der Waals surface area contributed by atoms with Crippen LogP contribution < -0.4 is 10.3 Å². The molecule has 50 heavy (non-hydrogen) atoms. The Bertz CT molecular complexity index is 1850. The molecule has 16 heteroatoms. The van der Waals surface area contributed by atoms with Crippen molar-refractivity contribution in [3.05, 3.63) is 82.4 Å². The maximum absolute atomic E-state index is 13.9. The largest absolute Gasteiger partial charge is 0.598 e. The second-order valence-electron chi connectivity index (χ2n) is 13.6. The number of aliphatic hydroxyl groups is 1. The number of hydrogen-bond donors (Lipinski definition) is 2. The number of piperidine rings is 1. The summed E-state index contributed by atoms with van der Waals surface area (Å²) in [6.45, 7) is 4.87. The highest BCUT2D eigenvalue weighted by atomic mass is 32.2. The van der Waals surface area contributed by atoms with E-state index in [2.05, 4.69) is 14.8 Å². The number of hydrogen-bond acceptors (Lipinski definition) is 7. The van der Waals surface area contributed by atoms with E-state index >= 15 is 0 Å². The Kier molecular flexibility index (Phi) is 10.8. The highest BCUT2D eigenvalue weighted by Crippen LogP contribution is 2.38. The zero-order valence-corrected chi connectivity index (χ0v) is 28.8. The van der Waals surface area contributed by atoms with Crippen molar-refractivity contribution in [2.75, 3.05) is 13.1 Å². The van der Waals surface area contributed by atoms with Crippen LogP contribution in [0.4, 0.5) is 22.0 Å². The molecule has 0 aliphatic carbocycles. The van der Waals surface area contributed by atoms with Gasteiger partial charge in [0.25, 0.3) is 12.0 Å². The van der Waals surface area contributed by atoms with Crippen molar-refractivity contribution < 1.29 is 36.4 Å². The van der Waals surface area contributed by atoms with Crippen molar-refractivity contribution in [1.82, 2.24) is 29.0 Å². The molecule has 1 amide bonds. The molecule has 4 aromatic rings. The number of nitrogens with zero attached hydrogens (tertiary/aromatic N) is 5. The van der Waals surface area contributed by atoms with E-state index in [0.29, 0.717) is 11.3 Å². The number of aromatic nitrogens is 4. The van der Waals surface area contributed by atoms with Crippen LogP contribution in [-0.2, 0) is 29.7 Å². The second-order valence-corrected chi connectivity index (χ2v) is 15.6.